The smallest absolute Gasteiger partial charge is 0.249 e. The third-order valence-corrected chi connectivity index (χ3v) is 4.61. The van der Waals surface area contributed by atoms with Crippen molar-refractivity contribution in [3.63, 3.8) is 0 Å². The third kappa shape index (κ3) is 2.83. The molecule has 0 spiro atoms. The summed E-state index contributed by atoms with van der Waals surface area (Å²) in [5.74, 6) is -0.482. The van der Waals surface area contributed by atoms with Crippen LogP contribution in [0.15, 0.2) is 6.20 Å². The average Bonchev–Trinajstić information content (AvgIpc) is 3.13. The molecule has 1 aromatic heterocycles. The quantitative estimate of drug-likeness (QED) is 0.780. The van der Waals surface area contributed by atoms with Gasteiger partial charge in [0.15, 0.2) is 5.13 Å². The van der Waals surface area contributed by atoms with Crippen LogP contribution >= 0.6 is 11.3 Å². The summed E-state index contributed by atoms with van der Waals surface area (Å²) in [5, 5.41) is 6.57. The Morgan fingerprint density at radius 2 is 2.30 bits per heavy atom. The molecule has 1 aromatic rings. The van der Waals surface area contributed by atoms with E-state index in [4.69, 9.17) is 0 Å². The lowest BCUT2D eigenvalue weighted by molar-refractivity contribution is -0.132. The molecule has 2 amide bonds. The van der Waals surface area contributed by atoms with E-state index in [0.29, 0.717) is 12.5 Å². The number of thiazole rings is 1. The standard InChI is InChI=1S/C13H18N4O2S/c1-2-10-12(19)16-11(18)7-17(10)13-15-6-9(20-13)5-14-8-3-4-8/h6,8,10,14H,2-5,7H2,1H3,(H,16,18,19). The van der Waals surface area contributed by atoms with Gasteiger partial charge in [-0.15, -0.1) is 11.3 Å². The molecule has 1 atom stereocenters. The molecule has 0 aromatic carbocycles. The van der Waals surface area contributed by atoms with E-state index in [1.54, 1.807) is 11.3 Å². The van der Waals surface area contributed by atoms with Crippen LogP contribution < -0.4 is 15.5 Å². The van der Waals surface area contributed by atoms with Gasteiger partial charge in [-0.1, -0.05) is 6.92 Å². The molecule has 2 aliphatic rings. The molecule has 108 valence electrons. The van der Waals surface area contributed by atoms with Crippen LogP contribution in [0.3, 0.4) is 0 Å². The molecule has 6 nitrogen and oxygen atoms in total. The van der Waals surface area contributed by atoms with Crippen LogP contribution in [0.5, 0.6) is 0 Å². The van der Waals surface area contributed by atoms with Crippen molar-refractivity contribution in [1.29, 1.82) is 0 Å². The van der Waals surface area contributed by atoms with Crippen molar-refractivity contribution in [3.05, 3.63) is 11.1 Å². The van der Waals surface area contributed by atoms with Crippen LogP contribution in [0.1, 0.15) is 31.1 Å². The minimum atomic E-state index is -0.303. The number of anilines is 1. The monoisotopic (exact) mass is 294 g/mol. The fourth-order valence-corrected chi connectivity index (χ4v) is 3.23. The average molecular weight is 294 g/mol. The maximum absolute atomic E-state index is 11.8. The zero-order chi connectivity index (χ0) is 14.1. The Balaban J connectivity index is 1.72. The van der Waals surface area contributed by atoms with Crippen LogP contribution in [-0.2, 0) is 16.1 Å². The summed E-state index contributed by atoms with van der Waals surface area (Å²) in [7, 11) is 0. The van der Waals surface area contributed by atoms with E-state index in [1.165, 1.54) is 12.8 Å². The zero-order valence-electron chi connectivity index (χ0n) is 11.4. The summed E-state index contributed by atoms with van der Waals surface area (Å²) < 4.78 is 0. The van der Waals surface area contributed by atoms with E-state index >= 15 is 0 Å². The molecule has 1 aliphatic heterocycles. The minimum Gasteiger partial charge on any atom is -0.327 e. The van der Waals surface area contributed by atoms with Crippen molar-refractivity contribution < 1.29 is 9.59 Å². The predicted octanol–water partition coefficient (Wildman–Crippen LogP) is 0.636. The van der Waals surface area contributed by atoms with Crippen molar-refractivity contribution in [1.82, 2.24) is 15.6 Å². The largest absolute Gasteiger partial charge is 0.327 e. The lowest BCUT2D eigenvalue weighted by atomic mass is 10.1. The van der Waals surface area contributed by atoms with Gasteiger partial charge in [0, 0.05) is 23.7 Å². The van der Waals surface area contributed by atoms with Crippen LogP contribution in [0.25, 0.3) is 0 Å². The van der Waals surface area contributed by atoms with E-state index < -0.39 is 0 Å². The molecule has 1 unspecified atom stereocenters. The Labute approximate surface area is 121 Å². The number of hydrogen-bond donors (Lipinski definition) is 2. The van der Waals surface area contributed by atoms with Crippen molar-refractivity contribution >= 4 is 28.3 Å². The first-order chi connectivity index (χ1) is 9.67. The summed E-state index contributed by atoms with van der Waals surface area (Å²) in [6, 6.07) is 0.356. The Hall–Kier alpha value is -1.47. The van der Waals surface area contributed by atoms with E-state index in [9.17, 15) is 9.59 Å². The minimum absolute atomic E-state index is 0.202. The summed E-state index contributed by atoms with van der Waals surface area (Å²) in [4.78, 5) is 30.7. The maximum atomic E-state index is 11.8. The number of carbonyl (C=O) groups excluding carboxylic acids is 2. The molecule has 2 fully saturated rings. The van der Waals surface area contributed by atoms with E-state index in [2.05, 4.69) is 15.6 Å². The number of carbonyl (C=O) groups is 2. The van der Waals surface area contributed by atoms with E-state index in [-0.39, 0.29) is 24.4 Å². The molecule has 0 bridgehead atoms. The van der Waals surface area contributed by atoms with Gasteiger partial charge in [-0.2, -0.15) is 0 Å². The van der Waals surface area contributed by atoms with Gasteiger partial charge in [0.1, 0.15) is 12.6 Å². The zero-order valence-corrected chi connectivity index (χ0v) is 12.2. The fraction of sp³-hybridized carbons (Fsp3) is 0.615. The van der Waals surface area contributed by atoms with Crippen molar-refractivity contribution in [2.75, 3.05) is 11.4 Å². The van der Waals surface area contributed by atoms with Crippen molar-refractivity contribution in [2.24, 2.45) is 0 Å². The molecule has 3 rings (SSSR count). The molecule has 1 saturated heterocycles. The number of rotatable bonds is 5. The summed E-state index contributed by atoms with van der Waals surface area (Å²) in [5.41, 5.74) is 0. The van der Waals surface area contributed by atoms with Gasteiger partial charge in [0.05, 0.1) is 0 Å². The number of imide groups is 1. The highest BCUT2D eigenvalue weighted by Crippen LogP contribution is 2.27. The first-order valence-electron chi connectivity index (χ1n) is 6.95. The van der Waals surface area contributed by atoms with Gasteiger partial charge in [-0.3, -0.25) is 14.9 Å². The van der Waals surface area contributed by atoms with E-state index in [0.717, 1.165) is 16.6 Å². The summed E-state index contributed by atoms with van der Waals surface area (Å²) in [6.07, 6.45) is 5.00. The Bertz CT molecular complexity index is 526. The Morgan fingerprint density at radius 3 is 3.00 bits per heavy atom. The first kappa shape index (κ1) is 13.5. The summed E-state index contributed by atoms with van der Waals surface area (Å²) >= 11 is 1.55. The highest BCUT2D eigenvalue weighted by Gasteiger charge is 2.34. The van der Waals surface area contributed by atoms with Gasteiger partial charge in [0.25, 0.3) is 0 Å². The number of nitrogens with zero attached hydrogens (tertiary/aromatic N) is 2. The topological polar surface area (TPSA) is 74.3 Å². The predicted molar refractivity (Wildman–Crippen MR) is 76.6 cm³/mol. The van der Waals surface area contributed by atoms with Gasteiger partial charge in [-0.25, -0.2) is 4.98 Å². The highest BCUT2D eigenvalue weighted by molar-refractivity contribution is 7.15. The molecule has 1 saturated carbocycles. The van der Waals surface area contributed by atoms with Gasteiger partial charge in [-0.05, 0) is 19.3 Å². The number of aromatic nitrogens is 1. The molecule has 2 N–H and O–H groups in total. The number of hydrogen-bond acceptors (Lipinski definition) is 6. The van der Waals surface area contributed by atoms with E-state index in [1.807, 2.05) is 18.0 Å². The van der Waals surface area contributed by atoms with Crippen molar-refractivity contribution in [2.45, 2.75) is 44.8 Å². The van der Waals surface area contributed by atoms with Gasteiger partial charge in [0.2, 0.25) is 11.8 Å². The lowest BCUT2D eigenvalue weighted by Gasteiger charge is -2.32. The van der Waals surface area contributed by atoms with Crippen molar-refractivity contribution in [3.8, 4) is 0 Å². The summed E-state index contributed by atoms with van der Waals surface area (Å²) in [6.45, 7) is 2.95. The highest BCUT2D eigenvalue weighted by atomic mass is 32.1. The number of amides is 2. The van der Waals surface area contributed by atoms with Gasteiger partial charge >= 0.3 is 0 Å². The second kappa shape index (κ2) is 5.49. The molecule has 1 aliphatic carbocycles. The van der Waals surface area contributed by atoms with Gasteiger partial charge < -0.3 is 10.2 Å². The second-order valence-electron chi connectivity index (χ2n) is 5.23. The first-order valence-corrected chi connectivity index (χ1v) is 7.77. The lowest BCUT2D eigenvalue weighted by Crippen LogP contribution is -2.58. The van der Waals surface area contributed by atoms with Crippen LogP contribution in [0.2, 0.25) is 0 Å². The SMILES string of the molecule is CCC1C(=O)NC(=O)CN1c1ncc(CNC2CC2)s1. The van der Waals surface area contributed by atoms with Crippen LogP contribution in [0, 0.1) is 0 Å². The molecule has 20 heavy (non-hydrogen) atoms. The van der Waals surface area contributed by atoms with Crippen LogP contribution in [0.4, 0.5) is 5.13 Å². The Kier molecular flexibility index (Phi) is 3.71. The molecular formula is C13H18N4O2S. The normalized spacial score (nSPS) is 23.1. The molecule has 7 heteroatoms. The third-order valence-electron chi connectivity index (χ3n) is 3.57. The number of nitrogens with one attached hydrogen (secondary N) is 2. The second-order valence-corrected chi connectivity index (χ2v) is 6.32. The molecular weight excluding hydrogens is 276 g/mol. The maximum Gasteiger partial charge on any atom is 0.249 e. The number of piperazine rings is 1. The Morgan fingerprint density at radius 1 is 1.50 bits per heavy atom. The fourth-order valence-electron chi connectivity index (χ4n) is 2.32. The molecule has 0 radical (unpaired) electrons. The molecule has 2 heterocycles. The van der Waals surface area contributed by atoms with Crippen LogP contribution in [-0.4, -0.2) is 35.4 Å².